The fraction of sp³-hybridized carbons (Fsp3) is 0.235. The maximum Gasteiger partial charge on any atom is 0.258 e. The van der Waals surface area contributed by atoms with E-state index in [2.05, 4.69) is 5.32 Å². The van der Waals surface area contributed by atoms with Crippen LogP contribution in [0, 0.1) is 6.92 Å². The second-order valence-electron chi connectivity index (χ2n) is 5.26. The molecule has 4 heteroatoms. The van der Waals surface area contributed by atoms with Gasteiger partial charge in [0.2, 0.25) is 0 Å². The second-order valence-corrected chi connectivity index (χ2v) is 5.26. The van der Waals surface area contributed by atoms with Crippen LogP contribution in [-0.4, -0.2) is 24.1 Å². The van der Waals surface area contributed by atoms with E-state index in [1.165, 1.54) is 0 Å². The molecule has 0 saturated carbocycles. The van der Waals surface area contributed by atoms with Gasteiger partial charge in [-0.3, -0.25) is 4.79 Å². The first-order valence-electron chi connectivity index (χ1n) is 7.11. The number of aryl methyl sites for hydroxylation is 1. The number of anilines is 2. The van der Waals surface area contributed by atoms with Crippen LogP contribution in [0.3, 0.4) is 0 Å². The first-order chi connectivity index (χ1) is 10.2. The van der Waals surface area contributed by atoms with Crippen LogP contribution in [0.4, 0.5) is 11.4 Å². The van der Waals surface area contributed by atoms with E-state index in [4.69, 9.17) is 0 Å². The highest BCUT2D eigenvalue weighted by molar-refractivity contribution is 6.08. The number of rotatable bonds is 1. The summed E-state index contributed by atoms with van der Waals surface area (Å²) in [6.45, 7) is 3.33. The van der Waals surface area contributed by atoms with Crippen LogP contribution in [0.1, 0.15) is 22.3 Å². The molecular weight excluding hydrogens is 264 g/mol. The summed E-state index contributed by atoms with van der Waals surface area (Å²) in [6, 6.07) is 12.9. The Hall–Kier alpha value is -2.49. The summed E-state index contributed by atoms with van der Waals surface area (Å²) in [5.41, 5.74) is 3.14. The van der Waals surface area contributed by atoms with Crippen LogP contribution in [0.2, 0.25) is 0 Å². The lowest BCUT2D eigenvalue weighted by atomic mass is 10.1. The molecule has 0 aromatic heterocycles. The van der Waals surface area contributed by atoms with Gasteiger partial charge in [0.1, 0.15) is 5.75 Å². The zero-order valence-electron chi connectivity index (χ0n) is 12.0. The molecule has 21 heavy (non-hydrogen) atoms. The van der Waals surface area contributed by atoms with Crippen molar-refractivity contribution < 1.29 is 9.90 Å². The molecular formula is C17H18N2O2. The summed E-state index contributed by atoms with van der Waals surface area (Å²) >= 11 is 0. The molecule has 0 atom stereocenters. The first-order valence-corrected chi connectivity index (χ1v) is 7.11. The van der Waals surface area contributed by atoms with Gasteiger partial charge in [0.05, 0.1) is 11.4 Å². The molecule has 1 heterocycles. The van der Waals surface area contributed by atoms with E-state index in [1.807, 2.05) is 31.2 Å². The maximum absolute atomic E-state index is 12.8. The Balaban J connectivity index is 1.99. The molecule has 2 aromatic carbocycles. The van der Waals surface area contributed by atoms with Crippen molar-refractivity contribution in [2.75, 3.05) is 23.3 Å². The summed E-state index contributed by atoms with van der Waals surface area (Å²) in [4.78, 5) is 14.5. The average molecular weight is 282 g/mol. The number of phenolic OH excluding ortho intramolecular Hbond substituents is 1. The number of nitrogens with zero attached hydrogens (tertiary/aromatic N) is 1. The van der Waals surface area contributed by atoms with Crippen molar-refractivity contribution in [3.8, 4) is 5.75 Å². The van der Waals surface area contributed by atoms with Gasteiger partial charge in [-0.15, -0.1) is 0 Å². The number of carbonyl (C=O) groups excluding carboxylic acids is 1. The van der Waals surface area contributed by atoms with Crippen molar-refractivity contribution in [1.82, 2.24) is 0 Å². The quantitative estimate of drug-likeness (QED) is 0.844. The summed E-state index contributed by atoms with van der Waals surface area (Å²) in [7, 11) is 0. The van der Waals surface area contributed by atoms with E-state index in [0.29, 0.717) is 12.1 Å². The fourth-order valence-electron chi connectivity index (χ4n) is 2.55. The number of aromatic hydroxyl groups is 1. The van der Waals surface area contributed by atoms with Gasteiger partial charge in [0, 0.05) is 18.7 Å². The van der Waals surface area contributed by atoms with E-state index in [0.717, 1.165) is 29.9 Å². The van der Waals surface area contributed by atoms with Gasteiger partial charge in [-0.25, -0.2) is 0 Å². The van der Waals surface area contributed by atoms with Crippen LogP contribution >= 0.6 is 0 Å². The van der Waals surface area contributed by atoms with Gasteiger partial charge in [-0.2, -0.15) is 0 Å². The zero-order chi connectivity index (χ0) is 14.8. The van der Waals surface area contributed by atoms with Gasteiger partial charge >= 0.3 is 0 Å². The SMILES string of the molecule is Cc1ccc(C(=O)N2CCCNc3ccccc32)cc1O. The van der Waals surface area contributed by atoms with Gasteiger partial charge in [-0.05, 0) is 43.2 Å². The largest absolute Gasteiger partial charge is 0.508 e. The van der Waals surface area contributed by atoms with Crippen molar-refractivity contribution in [3.05, 3.63) is 53.6 Å². The standard InChI is InChI=1S/C17H18N2O2/c1-12-7-8-13(11-16(12)20)17(21)19-10-4-9-18-14-5-2-3-6-15(14)19/h2-3,5-8,11,18,20H,4,9-10H2,1H3. The van der Waals surface area contributed by atoms with Crippen LogP contribution in [0.5, 0.6) is 5.75 Å². The molecule has 0 bridgehead atoms. The second kappa shape index (κ2) is 5.48. The molecule has 0 radical (unpaired) electrons. The molecule has 0 aliphatic carbocycles. The number of phenols is 1. The predicted octanol–water partition coefficient (Wildman–Crippen LogP) is 3.16. The molecule has 2 N–H and O–H groups in total. The number of benzene rings is 2. The van der Waals surface area contributed by atoms with Crippen LogP contribution < -0.4 is 10.2 Å². The fourth-order valence-corrected chi connectivity index (χ4v) is 2.55. The minimum absolute atomic E-state index is 0.0820. The predicted molar refractivity (Wildman–Crippen MR) is 84.1 cm³/mol. The molecule has 108 valence electrons. The Kier molecular flexibility index (Phi) is 3.52. The third-order valence-electron chi connectivity index (χ3n) is 3.77. The minimum Gasteiger partial charge on any atom is -0.508 e. The summed E-state index contributed by atoms with van der Waals surface area (Å²) in [5, 5.41) is 13.2. The van der Waals surface area contributed by atoms with Crippen LogP contribution in [0.15, 0.2) is 42.5 Å². The number of fused-ring (bicyclic) bond motifs is 1. The molecule has 1 aliphatic rings. The lowest BCUT2D eigenvalue weighted by molar-refractivity contribution is 0.0987. The van der Waals surface area contributed by atoms with Gasteiger partial charge in [0.15, 0.2) is 0 Å². The molecule has 4 nitrogen and oxygen atoms in total. The number of nitrogens with one attached hydrogen (secondary N) is 1. The first kappa shape index (κ1) is 13.5. The Morgan fingerprint density at radius 3 is 2.86 bits per heavy atom. The van der Waals surface area contributed by atoms with Gasteiger partial charge < -0.3 is 15.3 Å². The third kappa shape index (κ3) is 2.57. The molecule has 1 aliphatic heterocycles. The normalized spacial score (nSPS) is 14.0. The summed E-state index contributed by atoms with van der Waals surface area (Å²) in [5.74, 6) is 0.0727. The van der Waals surface area contributed by atoms with Crippen LogP contribution in [-0.2, 0) is 0 Å². The van der Waals surface area contributed by atoms with E-state index in [-0.39, 0.29) is 11.7 Å². The smallest absolute Gasteiger partial charge is 0.258 e. The van der Waals surface area contributed by atoms with E-state index in [9.17, 15) is 9.90 Å². The van der Waals surface area contributed by atoms with Crippen molar-refractivity contribution >= 4 is 17.3 Å². The number of hydrogen-bond donors (Lipinski definition) is 2. The monoisotopic (exact) mass is 282 g/mol. The minimum atomic E-state index is -0.0820. The van der Waals surface area contributed by atoms with Crippen molar-refractivity contribution in [2.45, 2.75) is 13.3 Å². The Morgan fingerprint density at radius 2 is 2.05 bits per heavy atom. The number of carbonyl (C=O) groups is 1. The lowest BCUT2D eigenvalue weighted by Gasteiger charge is -2.22. The van der Waals surface area contributed by atoms with Crippen LogP contribution in [0.25, 0.3) is 0 Å². The van der Waals surface area contributed by atoms with Gasteiger partial charge in [0.25, 0.3) is 5.91 Å². The van der Waals surface area contributed by atoms with Crippen molar-refractivity contribution in [3.63, 3.8) is 0 Å². The molecule has 0 fully saturated rings. The molecule has 0 unspecified atom stereocenters. The lowest BCUT2D eigenvalue weighted by Crippen LogP contribution is -2.31. The van der Waals surface area contributed by atoms with E-state index < -0.39 is 0 Å². The maximum atomic E-state index is 12.8. The molecule has 3 rings (SSSR count). The zero-order valence-corrected chi connectivity index (χ0v) is 12.0. The highest BCUT2D eigenvalue weighted by Gasteiger charge is 2.22. The molecule has 1 amide bonds. The average Bonchev–Trinajstić information content (AvgIpc) is 2.71. The number of para-hydroxylation sites is 2. The highest BCUT2D eigenvalue weighted by atomic mass is 16.3. The third-order valence-corrected chi connectivity index (χ3v) is 3.77. The summed E-state index contributed by atoms with van der Waals surface area (Å²) < 4.78 is 0. The molecule has 2 aromatic rings. The Morgan fingerprint density at radius 1 is 1.24 bits per heavy atom. The van der Waals surface area contributed by atoms with Crippen molar-refractivity contribution in [2.24, 2.45) is 0 Å². The van der Waals surface area contributed by atoms with E-state index >= 15 is 0 Å². The van der Waals surface area contributed by atoms with Gasteiger partial charge in [-0.1, -0.05) is 18.2 Å². The summed E-state index contributed by atoms with van der Waals surface area (Å²) in [6.07, 6.45) is 0.887. The Labute approximate surface area is 124 Å². The van der Waals surface area contributed by atoms with E-state index in [1.54, 1.807) is 23.1 Å². The molecule has 0 saturated heterocycles. The number of amides is 1. The van der Waals surface area contributed by atoms with Crippen molar-refractivity contribution in [1.29, 1.82) is 0 Å². The molecule has 0 spiro atoms. The topological polar surface area (TPSA) is 52.6 Å². The highest BCUT2D eigenvalue weighted by Crippen LogP contribution is 2.30. The Bertz CT molecular complexity index is 682. The number of hydrogen-bond acceptors (Lipinski definition) is 3.